The third-order valence-electron chi connectivity index (χ3n) is 4.25. The average Bonchev–Trinajstić information content (AvgIpc) is 2.95. The lowest BCUT2D eigenvalue weighted by Gasteiger charge is -2.21. The van der Waals surface area contributed by atoms with Gasteiger partial charge in [0.25, 0.3) is 5.91 Å². The Labute approximate surface area is 145 Å². The van der Waals surface area contributed by atoms with Gasteiger partial charge in [0.2, 0.25) is 0 Å². The van der Waals surface area contributed by atoms with E-state index in [9.17, 15) is 9.90 Å². The number of benzene rings is 1. The first-order chi connectivity index (χ1) is 11.6. The summed E-state index contributed by atoms with van der Waals surface area (Å²) in [5.74, 6) is 0.504. The van der Waals surface area contributed by atoms with Crippen molar-refractivity contribution in [2.75, 3.05) is 6.54 Å². The largest absolute Gasteiger partial charge is 0.488 e. The van der Waals surface area contributed by atoms with Crippen molar-refractivity contribution in [3.8, 4) is 5.75 Å². The standard InChI is InChI=1S/C18H19ClN2O3/c19-14-2-4-15(5-3-14)24-16-6-1-13(17(16)22)11-21-18(23)12-7-9-20-10-8-12/h2-5,7-10,13,16-17,22H,1,6,11H2,(H,21,23)/t13-,16-,17-/m1/s1. The van der Waals surface area contributed by atoms with Gasteiger partial charge in [-0.15, -0.1) is 0 Å². The van der Waals surface area contributed by atoms with Crippen LogP contribution in [0.3, 0.4) is 0 Å². The SMILES string of the molecule is O=C(NC[C@H]1CC[C@@H](Oc2ccc(Cl)cc2)[C@@H]1O)c1ccncc1. The fraction of sp³-hybridized carbons (Fsp3) is 0.333. The van der Waals surface area contributed by atoms with Crippen molar-refractivity contribution in [2.24, 2.45) is 5.92 Å². The number of pyridine rings is 1. The Kier molecular flexibility index (Phi) is 5.33. The van der Waals surface area contributed by atoms with E-state index in [0.29, 0.717) is 22.9 Å². The van der Waals surface area contributed by atoms with Crippen molar-refractivity contribution >= 4 is 17.5 Å². The molecule has 3 rings (SSSR count). The summed E-state index contributed by atoms with van der Waals surface area (Å²) in [6, 6.07) is 10.4. The number of rotatable bonds is 5. The van der Waals surface area contributed by atoms with Gasteiger partial charge >= 0.3 is 0 Å². The molecule has 0 spiro atoms. The lowest BCUT2D eigenvalue weighted by molar-refractivity contribution is 0.0348. The maximum Gasteiger partial charge on any atom is 0.251 e. The zero-order valence-electron chi connectivity index (χ0n) is 13.1. The van der Waals surface area contributed by atoms with Crippen LogP contribution in [-0.2, 0) is 0 Å². The Bertz CT molecular complexity index is 678. The number of carbonyl (C=O) groups is 1. The second-order valence-electron chi connectivity index (χ2n) is 5.88. The summed E-state index contributed by atoms with van der Waals surface area (Å²) in [6.07, 6.45) is 3.83. The van der Waals surface area contributed by atoms with Crippen molar-refractivity contribution in [1.82, 2.24) is 10.3 Å². The molecule has 0 bridgehead atoms. The van der Waals surface area contributed by atoms with Crippen LogP contribution >= 0.6 is 11.6 Å². The van der Waals surface area contributed by atoms with E-state index in [2.05, 4.69) is 10.3 Å². The van der Waals surface area contributed by atoms with Crippen LogP contribution < -0.4 is 10.1 Å². The first-order valence-electron chi connectivity index (χ1n) is 7.92. The maximum absolute atomic E-state index is 12.0. The molecule has 1 amide bonds. The highest BCUT2D eigenvalue weighted by Crippen LogP contribution is 2.30. The topological polar surface area (TPSA) is 71.5 Å². The smallest absolute Gasteiger partial charge is 0.251 e. The molecule has 0 unspecified atom stereocenters. The lowest BCUT2D eigenvalue weighted by atomic mass is 10.1. The molecule has 24 heavy (non-hydrogen) atoms. The monoisotopic (exact) mass is 346 g/mol. The van der Waals surface area contributed by atoms with Crippen LogP contribution in [0.15, 0.2) is 48.8 Å². The highest BCUT2D eigenvalue weighted by molar-refractivity contribution is 6.30. The van der Waals surface area contributed by atoms with Crippen molar-refractivity contribution in [3.05, 3.63) is 59.4 Å². The van der Waals surface area contributed by atoms with Crippen molar-refractivity contribution in [2.45, 2.75) is 25.0 Å². The predicted octanol–water partition coefficient (Wildman–Crippen LogP) is 2.68. The normalized spacial score (nSPS) is 23.0. The van der Waals surface area contributed by atoms with E-state index in [0.717, 1.165) is 12.8 Å². The third-order valence-corrected chi connectivity index (χ3v) is 4.51. The molecule has 0 saturated heterocycles. The summed E-state index contributed by atoms with van der Waals surface area (Å²) in [5, 5.41) is 13.9. The predicted molar refractivity (Wildman–Crippen MR) is 91.2 cm³/mol. The number of nitrogens with one attached hydrogen (secondary N) is 1. The Morgan fingerprint density at radius 3 is 2.62 bits per heavy atom. The van der Waals surface area contributed by atoms with E-state index < -0.39 is 6.10 Å². The van der Waals surface area contributed by atoms with Crippen molar-refractivity contribution in [3.63, 3.8) is 0 Å². The molecule has 1 aromatic carbocycles. The minimum atomic E-state index is -0.613. The van der Waals surface area contributed by atoms with Gasteiger partial charge in [-0.3, -0.25) is 9.78 Å². The van der Waals surface area contributed by atoms with Gasteiger partial charge in [-0.2, -0.15) is 0 Å². The first kappa shape index (κ1) is 16.7. The maximum atomic E-state index is 12.0. The third kappa shape index (κ3) is 4.04. The van der Waals surface area contributed by atoms with E-state index in [-0.39, 0.29) is 17.9 Å². The second-order valence-corrected chi connectivity index (χ2v) is 6.32. The quantitative estimate of drug-likeness (QED) is 0.873. The number of aromatic nitrogens is 1. The summed E-state index contributed by atoms with van der Waals surface area (Å²) in [5.41, 5.74) is 0.562. The van der Waals surface area contributed by atoms with Gasteiger partial charge in [0.1, 0.15) is 11.9 Å². The molecule has 3 atom stereocenters. The van der Waals surface area contributed by atoms with Crippen LogP contribution in [-0.4, -0.2) is 34.8 Å². The summed E-state index contributed by atoms with van der Waals surface area (Å²) < 4.78 is 5.83. The number of halogens is 1. The van der Waals surface area contributed by atoms with Gasteiger partial charge in [-0.25, -0.2) is 0 Å². The number of aliphatic hydroxyl groups is 1. The van der Waals surface area contributed by atoms with Crippen molar-refractivity contribution < 1.29 is 14.6 Å². The Morgan fingerprint density at radius 2 is 1.92 bits per heavy atom. The van der Waals surface area contributed by atoms with E-state index in [1.165, 1.54) is 0 Å². The highest BCUT2D eigenvalue weighted by Gasteiger charge is 2.36. The molecular weight excluding hydrogens is 328 g/mol. The fourth-order valence-corrected chi connectivity index (χ4v) is 3.02. The van der Waals surface area contributed by atoms with Gasteiger partial charge in [0.15, 0.2) is 0 Å². The van der Waals surface area contributed by atoms with Crippen molar-refractivity contribution in [1.29, 1.82) is 0 Å². The molecule has 1 saturated carbocycles. The van der Waals surface area contributed by atoms with Gasteiger partial charge < -0.3 is 15.2 Å². The molecule has 2 aromatic rings. The molecule has 126 valence electrons. The van der Waals surface area contributed by atoms with Crippen LogP contribution in [0, 0.1) is 5.92 Å². The molecule has 1 heterocycles. The molecular formula is C18H19ClN2O3. The number of aliphatic hydroxyl groups excluding tert-OH is 1. The van der Waals surface area contributed by atoms with Crippen LogP contribution in [0.1, 0.15) is 23.2 Å². The summed E-state index contributed by atoms with van der Waals surface area (Å²) in [6.45, 7) is 0.419. The molecule has 1 aliphatic rings. The summed E-state index contributed by atoms with van der Waals surface area (Å²) in [7, 11) is 0. The van der Waals surface area contributed by atoms with Gasteiger partial charge in [0.05, 0.1) is 6.10 Å². The fourth-order valence-electron chi connectivity index (χ4n) is 2.89. The molecule has 0 aliphatic heterocycles. The molecule has 1 aromatic heterocycles. The molecule has 1 aliphatic carbocycles. The molecule has 2 N–H and O–H groups in total. The highest BCUT2D eigenvalue weighted by atomic mass is 35.5. The average molecular weight is 347 g/mol. The summed E-state index contributed by atoms with van der Waals surface area (Å²) >= 11 is 5.85. The van der Waals surface area contributed by atoms with Crippen LogP contribution in [0.4, 0.5) is 0 Å². The van der Waals surface area contributed by atoms with Crippen LogP contribution in [0.5, 0.6) is 5.75 Å². The lowest BCUT2D eigenvalue weighted by Crippen LogP contribution is -2.37. The van der Waals surface area contributed by atoms with Crippen LogP contribution in [0.25, 0.3) is 0 Å². The zero-order valence-corrected chi connectivity index (χ0v) is 13.8. The molecule has 5 nitrogen and oxygen atoms in total. The first-order valence-corrected chi connectivity index (χ1v) is 8.30. The van der Waals surface area contributed by atoms with Gasteiger partial charge in [0, 0.05) is 35.4 Å². The molecule has 1 fully saturated rings. The van der Waals surface area contributed by atoms with Crippen LogP contribution in [0.2, 0.25) is 5.02 Å². The van der Waals surface area contributed by atoms with Gasteiger partial charge in [-0.1, -0.05) is 11.6 Å². The minimum absolute atomic E-state index is 0.0203. The Hall–Kier alpha value is -2.11. The number of nitrogens with zero attached hydrogens (tertiary/aromatic N) is 1. The number of carbonyl (C=O) groups excluding carboxylic acids is 1. The van der Waals surface area contributed by atoms with Gasteiger partial charge in [-0.05, 0) is 49.2 Å². The Morgan fingerprint density at radius 1 is 1.21 bits per heavy atom. The second kappa shape index (κ2) is 7.64. The van der Waals surface area contributed by atoms with E-state index in [1.54, 1.807) is 48.8 Å². The number of hydrogen-bond donors (Lipinski definition) is 2. The van der Waals surface area contributed by atoms with E-state index in [4.69, 9.17) is 16.3 Å². The number of hydrogen-bond acceptors (Lipinski definition) is 4. The number of ether oxygens (including phenoxy) is 1. The minimum Gasteiger partial charge on any atom is -0.488 e. The number of amides is 1. The summed E-state index contributed by atoms with van der Waals surface area (Å²) in [4.78, 5) is 15.9. The molecule has 0 radical (unpaired) electrons. The van der Waals surface area contributed by atoms with E-state index >= 15 is 0 Å². The molecule has 6 heteroatoms. The Balaban J connectivity index is 1.51. The van der Waals surface area contributed by atoms with E-state index in [1.807, 2.05) is 0 Å². The zero-order chi connectivity index (χ0) is 16.9.